The Hall–Kier alpha value is -1.53. The summed E-state index contributed by atoms with van der Waals surface area (Å²) in [5.74, 6) is -2.58. The second kappa shape index (κ2) is 4.29. The fourth-order valence-electron chi connectivity index (χ4n) is 2.10. The molecule has 0 spiro atoms. The molecule has 2 aliphatic rings. The second-order valence-corrected chi connectivity index (χ2v) is 4.55. The van der Waals surface area contributed by atoms with Gasteiger partial charge < -0.3 is 10.0 Å². The molecule has 100 valence electrons. The Morgan fingerprint density at radius 3 is 2.39 bits per heavy atom. The van der Waals surface area contributed by atoms with Gasteiger partial charge in [-0.05, 0) is 12.8 Å². The number of nitrogens with zero attached hydrogens (tertiary/aromatic N) is 1. The maximum atomic E-state index is 12.4. The minimum absolute atomic E-state index is 0.00696. The van der Waals surface area contributed by atoms with E-state index in [2.05, 4.69) is 0 Å². The molecule has 0 aromatic heterocycles. The molecule has 4 nitrogen and oxygen atoms in total. The molecule has 1 amide bonds. The highest BCUT2D eigenvalue weighted by atomic mass is 19.4. The minimum Gasteiger partial charge on any atom is -0.481 e. The first-order valence-electron chi connectivity index (χ1n) is 5.58. The average molecular weight is 263 g/mol. The molecule has 1 N–H and O–H groups in total. The van der Waals surface area contributed by atoms with Crippen molar-refractivity contribution in [2.75, 3.05) is 13.1 Å². The Bertz CT molecular complexity index is 416. The molecule has 1 saturated carbocycles. The van der Waals surface area contributed by atoms with E-state index in [1.54, 1.807) is 0 Å². The molecule has 0 bridgehead atoms. The van der Waals surface area contributed by atoms with Crippen molar-refractivity contribution in [2.24, 2.45) is 11.8 Å². The van der Waals surface area contributed by atoms with Crippen molar-refractivity contribution in [3.8, 4) is 0 Å². The van der Waals surface area contributed by atoms with E-state index in [9.17, 15) is 22.8 Å². The van der Waals surface area contributed by atoms with Gasteiger partial charge in [-0.3, -0.25) is 9.59 Å². The van der Waals surface area contributed by atoms with Gasteiger partial charge in [-0.2, -0.15) is 13.2 Å². The number of rotatable bonds is 2. The maximum Gasteiger partial charge on any atom is 0.412 e. The molecule has 2 rings (SSSR count). The van der Waals surface area contributed by atoms with E-state index < -0.39 is 29.6 Å². The van der Waals surface area contributed by atoms with Crippen molar-refractivity contribution in [1.29, 1.82) is 0 Å². The van der Waals surface area contributed by atoms with Gasteiger partial charge in [-0.1, -0.05) is 6.08 Å². The van der Waals surface area contributed by atoms with Crippen LogP contribution >= 0.6 is 0 Å². The molecule has 2 atom stereocenters. The number of halogens is 3. The lowest BCUT2D eigenvalue weighted by atomic mass is 10.1. The molecule has 0 unspecified atom stereocenters. The van der Waals surface area contributed by atoms with Gasteiger partial charge in [0.25, 0.3) is 0 Å². The number of alkyl halides is 3. The SMILES string of the molecule is O=C(O)[C@H]1C[C@H]1C(=O)N1CC=C(C(F)(F)F)CC1. The molecule has 1 fully saturated rings. The van der Waals surface area contributed by atoms with E-state index in [4.69, 9.17) is 5.11 Å². The summed E-state index contributed by atoms with van der Waals surface area (Å²) >= 11 is 0. The summed E-state index contributed by atoms with van der Waals surface area (Å²) in [4.78, 5) is 23.7. The van der Waals surface area contributed by atoms with Crippen LogP contribution in [0.5, 0.6) is 0 Å². The van der Waals surface area contributed by atoms with E-state index in [-0.39, 0.29) is 25.4 Å². The summed E-state index contributed by atoms with van der Waals surface area (Å²) in [6.07, 6.45) is -3.27. The van der Waals surface area contributed by atoms with Gasteiger partial charge in [0, 0.05) is 18.7 Å². The number of carbonyl (C=O) groups is 2. The Labute approximate surface area is 101 Å². The van der Waals surface area contributed by atoms with Gasteiger partial charge in [-0.15, -0.1) is 0 Å². The number of hydrogen-bond donors (Lipinski definition) is 1. The van der Waals surface area contributed by atoms with Crippen LogP contribution in [0.15, 0.2) is 11.6 Å². The van der Waals surface area contributed by atoms with Gasteiger partial charge in [-0.25, -0.2) is 0 Å². The molecule has 0 aromatic carbocycles. The highest BCUT2D eigenvalue weighted by Gasteiger charge is 2.50. The molecule has 7 heteroatoms. The summed E-state index contributed by atoms with van der Waals surface area (Å²) in [6.45, 7) is -0.0798. The van der Waals surface area contributed by atoms with Crippen LogP contribution in [0, 0.1) is 11.8 Å². The van der Waals surface area contributed by atoms with E-state index in [1.165, 1.54) is 4.90 Å². The van der Waals surface area contributed by atoms with Crippen LogP contribution in [0.1, 0.15) is 12.8 Å². The van der Waals surface area contributed by atoms with Crippen LogP contribution in [0.2, 0.25) is 0 Å². The quantitative estimate of drug-likeness (QED) is 0.767. The Balaban J connectivity index is 1.93. The second-order valence-electron chi connectivity index (χ2n) is 4.55. The van der Waals surface area contributed by atoms with Gasteiger partial charge >= 0.3 is 12.1 Å². The van der Waals surface area contributed by atoms with Crippen molar-refractivity contribution in [3.05, 3.63) is 11.6 Å². The fourth-order valence-corrected chi connectivity index (χ4v) is 2.10. The Morgan fingerprint density at radius 2 is 2.00 bits per heavy atom. The Morgan fingerprint density at radius 1 is 1.33 bits per heavy atom. The summed E-state index contributed by atoms with van der Waals surface area (Å²) in [5.41, 5.74) is -0.614. The van der Waals surface area contributed by atoms with E-state index in [1.807, 2.05) is 0 Å². The van der Waals surface area contributed by atoms with Crippen molar-refractivity contribution in [1.82, 2.24) is 4.90 Å². The van der Waals surface area contributed by atoms with Crippen LogP contribution < -0.4 is 0 Å². The molecule has 0 aromatic rings. The first-order chi connectivity index (χ1) is 8.30. The summed E-state index contributed by atoms with van der Waals surface area (Å²) in [6, 6.07) is 0. The van der Waals surface area contributed by atoms with Crippen molar-refractivity contribution in [2.45, 2.75) is 19.0 Å². The first-order valence-corrected chi connectivity index (χ1v) is 5.58. The highest BCUT2D eigenvalue weighted by molar-refractivity contribution is 5.89. The van der Waals surface area contributed by atoms with E-state index >= 15 is 0 Å². The van der Waals surface area contributed by atoms with Crippen LogP contribution in [0.3, 0.4) is 0 Å². The standard InChI is InChI=1S/C11H12F3NO3/c12-11(13,14)6-1-3-15(4-2-6)9(16)7-5-8(7)10(17)18/h1,7-8H,2-5H2,(H,17,18)/t7-,8+/m1/s1. The zero-order chi connectivity index (χ0) is 13.5. The smallest absolute Gasteiger partial charge is 0.412 e. The maximum absolute atomic E-state index is 12.4. The molecular formula is C11H12F3NO3. The number of aliphatic carboxylic acids is 1. The van der Waals surface area contributed by atoms with Gasteiger partial charge in [0.2, 0.25) is 5.91 Å². The molecule has 18 heavy (non-hydrogen) atoms. The van der Waals surface area contributed by atoms with Crippen LogP contribution in [-0.2, 0) is 9.59 Å². The third-order valence-corrected chi connectivity index (χ3v) is 3.31. The average Bonchev–Trinajstić information content (AvgIpc) is 3.07. The lowest BCUT2D eigenvalue weighted by Crippen LogP contribution is -2.38. The highest BCUT2D eigenvalue weighted by Crippen LogP contribution is 2.41. The van der Waals surface area contributed by atoms with Crippen LogP contribution in [0.4, 0.5) is 13.2 Å². The monoisotopic (exact) mass is 263 g/mol. The molecule has 1 aliphatic heterocycles. The molecule has 0 saturated heterocycles. The third-order valence-electron chi connectivity index (χ3n) is 3.31. The zero-order valence-electron chi connectivity index (χ0n) is 9.41. The zero-order valence-corrected chi connectivity index (χ0v) is 9.41. The number of hydrogen-bond acceptors (Lipinski definition) is 2. The summed E-state index contributed by atoms with van der Waals surface area (Å²) in [7, 11) is 0. The Kier molecular flexibility index (Phi) is 3.08. The van der Waals surface area contributed by atoms with Gasteiger partial charge in [0.05, 0.1) is 11.8 Å². The predicted octanol–water partition coefficient (Wildman–Crippen LogP) is 1.43. The topological polar surface area (TPSA) is 57.6 Å². The first kappa shape index (κ1) is 12.9. The van der Waals surface area contributed by atoms with Crippen LogP contribution in [0.25, 0.3) is 0 Å². The summed E-state index contributed by atoms with van der Waals surface area (Å²) < 4.78 is 37.1. The third kappa shape index (κ3) is 2.49. The summed E-state index contributed by atoms with van der Waals surface area (Å²) in [5, 5.41) is 8.69. The largest absolute Gasteiger partial charge is 0.481 e. The molecule has 1 aliphatic carbocycles. The van der Waals surface area contributed by atoms with Crippen molar-refractivity contribution >= 4 is 11.9 Å². The fraction of sp³-hybridized carbons (Fsp3) is 0.636. The molecule has 1 heterocycles. The molecular weight excluding hydrogens is 251 g/mol. The molecule has 0 radical (unpaired) electrons. The number of carboxylic acid groups (broad SMARTS) is 1. The van der Waals surface area contributed by atoms with Crippen LogP contribution in [-0.4, -0.2) is 41.1 Å². The van der Waals surface area contributed by atoms with E-state index in [0.717, 1.165) is 6.08 Å². The van der Waals surface area contributed by atoms with Gasteiger partial charge in [0.15, 0.2) is 0 Å². The predicted molar refractivity (Wildman–Crippen MR) is 54.6 cm³/mol. The minimum atomic E-state index is -4.34. The lowest BCUT2D eigenvalue weighted by Gasteiger charge is -2.27. The van der Waals surface area contributed by atoms with Crippen molar-refractivity contribution in [3.63, 3.8) is 0 Å². The number of carbonyl (C=O) groups excluding carboxylic acids is 1. The van der Waals surface area contributed by atoms with Crippen molar-refractivity contribution < 1.29 is 27.9 Å². The van der Waals surface area contributed by atoms with Gasteiger partial charge in [0.1, 0.15) is 0 Å². The lowest BCUT2D eigenvalue weighted by molar-refractivity contribution is -0.142. The number of amides is 1. The normalized spacial score (nSPS) is 27.7. The van der Waals surface area contributed by atoms with E-state index in [0.29, 0.717) is 6.42 Å². The number of carboxylic acids is 1.